The van der Waals surface area contributed by atoms with Crippen LogP contribution in [0.2, 0.25) is 0 Å². The van der Waals surface area contributed by atoms with Gasteiger partial charge < -0.3 is 10.2 Å². The predicted molar refractivity (Wildman–Crippen MR) is 113 cm³/mol. The molecule has 146 valence electrons. The minimum Gasteiger partial charge on any atom is -0.357 e. The number of fused-ring (bicyclic) bond motifs is 1. The van der Waals surface area contributed by atoms with E-state index in [9.17, 15) is 8.42 Å². The summed E-state index contributed by atoms with van der Waals surface area (Å²) in [4.78, 5) is 7.30. The van der Waals surface area contributed by atoms with Crippen LogP contribution in [0.3, 0.4) is 0 Å². The summed E-state index contributed by atoms with van der Waals surface area (Å²) in [5.41, 5.74) is 0. The summed E-state index contributed by atoms with van der Waals surface area (Å²) >= 11 is 0. The number of aliphatic imine (C=N–C) groups is 1. The quantitative estimate of drug-likeness (QED) is 0.377. The van der Waals surface area contributed by atoms with Crippen LogP contribution in [0.4, 0.5) is 0 Å². The number of sulfonamides is 1. The number of rotatable bonds is 4. The van der Waals surface area contributed by atoms with Gasteiger partial charge in [-0.1, -0.05) is 12.8 Å². The van der Waals surface area contributed by atoms with E-state index in [1.807, 2.05) is 0 Å². The first-order chi connectivity index (χ1) is 11.5. The Morgan fingerprint density at radius 2 is 1.76 bits per heavy atom. The van der Waals surface area contributed by atoms with Gasteiger partial charge in [0.1, 0.15) is 0 Å². The van der Waals surface area contributed by atoms with E-state index < -0.39 is 10.0 Å². The van der Waals surface area contributed by atoms with Crippen LogP contribution >= 0.6 is 24.0 Å². The van der Waals surface area contributed by atoms with Gasteiger partial charge in [0.15, 0.2) is 5.96 Å². The summed E-state index contributed by atoms with van der Waals surface area (Å²) in [6.07, 6.45) is 7.72. The molecular formula is C17H33IN4O2S. The predicted octanol–water partition coefficient (Wildman–Crippen LogP) is 1.97. The molecule has 3 atom stereocenters. The van der Waals surface area contributed by atoms with E-state index in [1.54, 1.807) is 4.31 Å². The first kappa shape index (κ1) is 21.2. The van der Waals surface area contributed by atoms with Gasteiger partial charge >= 0.3 is 0 Å². The molecule has 3 fully saturated rings. The molecule has 0 aromatic rings. The monoisotopic (exact) mass is 484 g/mol. The Balaban J connectivity index is 0.00000225. The Hall–Kier alpha value is -0.0900. The van der Waals surface area contributed by atoms with Crippen molar-refractivity contribution in [1.29, 1.82) is 0 Å². The van der Waals surface area contributed by atoms with Crippen LogP contribution in [-0.2, 0) is 10.0 Å². The number of likely N-dealkylation sites (tertiary alicyclic amines) is 1. The van der Waals surface area contributed by atoms with Gasteiger partial charge in [0, 0.05) is 39.3 Å². The average Bonchev–Trinajstić information content (AvgIpc) is 3.17. The van der Waals surface area contributed by atoms with Gasteiger partial charge in [0.05, 0.1) is 6.26 Å². The molecule has 2 heterocycles. The minimum atomic E-state index is -3.06. The van der Waals surface area contributed by atoms with E-state index >= 15 is 0 Å². The number of nitrogens with one attached hydrogen (secondary N) is 1. The molecule has 3 aliphatic rings. The first-order valence-corrected chi connectivity index (χ1v) is 11.3. The third kappa shape index (κ3) is 5.45. The van der Waals surface area contributed by atoms with Crippen LogP contribution in [0.25, 0.3) is 0 Å². The van der Waals surface area contributed by atoms with Gasteiger partial charge in [-0.2, -0.15) is 0 Å². The van der Waals surface area contributed by atoms with Crippen molar-refractivity contribution in [2.45, 2.75) is 39.0 Å². The Bertz CT molecular complexity index is 555. The van der Waals surface area contributed by atoms with E-state index in [0.29, 0.717) is 19.0 Å². The van der Waals surface area contributed by atoms with Gasteiger partial charge in [-0.25, -0.2) is 12.7 Å². The third-order valence-electron chi connectivity index (χ3n) is 5.83. The van der Waals surface area contributed by atoms with Crippen LogP contribution in [0.15, 0.2) is 4.99 Å². The Labute approximate surface area is 169 Å². The maximum atomic E-state index is 11.6. The number of halogens is 1. The summed E-state index contributed by atoms with van der Waals surface area (Å²) in [6, 6.07) is 0. The van der Waals surface area contributed by atoms with E-state index in [2.05, 4.69) is 17.1 Å². The zero-order valence-electron chi connectivity index (χ0n) is 15.5. The molecule has 0 amide bonds. The number of guanidine groups is 1. The van der Waals surface area contributed by atoms with Crippen LogP contribution in [0, 0.1) is 17.8 Å². The Morgan fingerprint density at radius 3 is 2.28 bits per heavy atom. The molecule has 0 bridgehead atoms. The molecule has 3 rings (SSSR count). The maximum absolute atomic E-state index is 11.6. The SMILES string of the molecule is CCNC(=NCC1CCN(S(C)(=O)=O)C1)N1CC2CCCCC2C1.I. The van der Waals surface area contributed by atoms with Crippen molar-refractivity contribution in [1.82, 2.24) is 14.5 Å². The molecule has 25 heavy (non-hydrogen) atoms. The number of hydrogen-bond donors (Lipinski definition) is 1. The third-order valence-corrected chi connectivity index (χ3v) is 7.10. The molecule has 1 saturated carbocycles. The van der Waals surface area contributed by atoms with Gasteiger partial charge in [0.25, 0.3) is 0 Å². The van der Waals surface area contributed by atoms with Crippen molar-refractivity contribution < 1.29 is 8.42 Å². The molecule has 2 aliphatic heterocycles. The molecule has 8 heteroatoms. The van der Waals surface area contributed by atoms with Crippen molar-refractivity contribution in [3.8, 4) is 0 Å². The van der Waals surface area contributed by atoms with Crippen molar-refractivity contribution in [2.75, 3.05) is 45.5 Å². The number of nitrogens with zero attached hydrogens (tertiary/aromatic N) is 3. The summed E-state index contributed by atoms with van der Waals surface area (Å²) in [7, 11) is -3.06. The lowest BCUT2D eigenvalue weighted by Crippen LogP contribution is -2.40. The van der Waals surface area contributed by atoms with Crippen molar-refractivity contribution in [3.05, 3.63) is 0 Å². The highest BCUT2D eigenvalue weighted by atomic mass is 127. The zero-order chi connectivity index (χ0) is 17.2. The molecule has 0 radical (unpaired) electrons. The highest BCUT2D eigenvalue weighted by Crippen LogP contribution is 2.36. The van der Waals surface area contributed by atoms with Crippen molar-refractivity contribution >= 4 is 40.0 Å². The Kier molecular flexibility index (Phi) is 7.82. The number of hydrogen-bond acceptors (Lipinski definition) is 3. The summed E-state index contributed by atoms with van der Waals surface area (Å²) in [5.74, 6) is 3.06. The van der Waals surface area contributed by atoms with Gasteiger partial charge in [-0.15, -0.1) is 24.0 Å². The lowest BCUT2D eigenvalue weighted by Gasteiger charge is -2.22. The molecule has 0 aromatic carbocycles. The van der Waals surface area contributed by atoms with E-state index in [0.717, 1.165) is 50.4 Å². The minimum absolute atomic E-state index is 0. The van der Waals surface area contributed by atoms with Crippen LogP contribution in [-0.4, -0.2) is 69.1 Å². The van der Waals surface area contributed by atoms with Crippen LogP contribution in [0.5, 0.6) is 0 Å². The van der Waals surface area contributed by atoms with Gasteiger partial charge in [-0.3, -0.25) is 4.99 Å². The molecule has 2 saturated heterocycles. The van der Waals surface area contributed by atoms with E-state index in [-0.39, 0.29) is 24.0 Å². The smallest absolute Gasteiger partial charge is 0.211 e. The fraction of sp³-hybridized carbons (Fsp3) is 0.941. The van der Waals surface area contributed by atoms with Gasteiger partial charge in [0.2, 0.25) is 10.0 Å². The molecule has 0 aromatic heterocycles. The summed E-state index contributed by atoms with van der Waals surface area (Å²) < 4.78 is 24.9. The zero-order valence-corrected chi connectivity index (χ0v) is 18.6. The Morgan fingerprint density at radius 1 is 1.12 bits per heavy atom. The second kappa shape index (κ2) is 9.21. The van der Waals surface area contributed by atoms with Crippen molar-refractivity contribution in [3.63, 3.8) is 0 Å². The molecule has 1 aliphatic carbocycles. The fourth-order valence-corrected chi connectivity index (χ4v) is 5.39. The lowest BCUT2D eigenvalue weighted by atomic mass is 9.82. The van der Waals surface area contributed by atoms with Gasteiger partial charge in [-0.05, 0) is 43.9 Å². The molecule has 6 nitrogen and oxygen atoms in total. The average molecular weight is 484 g/mol. The second-order valence-corrected chi connectivity index (χ2v) is 9.66. The normalized spacial score (nSPS) is 30.9. The topological polar surface area (TPSA) is 65.0 Å². The second-order valence-electron chi connectivity index (χ2n) is 7.68. The summed E-state index contributed by atoms with van der Waals surface area (Å²) in [5, 5.41) is 3.44. The largest absolute Gasteiger partial charge is 0.357 e. The van der Waals surface area contributed by atoms with Crippen LogP contribution in [0.1, 0.15) is 39.0 Å². The molecule has 0 spiro atoms. The standard InChI is InChI=1S/C17H32N4O2S.HI/c1-3-18-17(20-12-15-6-4-5-7-16(15)13-20)19-10-14-8-9-21(11-14)24(2,22)23;/h14-16H,3-13H2,1-2H3,(H,18,19);1H. The summed E-state index contributed by atoms with van der Waals surface area (Å²) in [6.45, 7) is 7.24. The first-order valence-electron chi connectivity index (χ1n) is 9.45. The molecular weight excluding hydrogens is 451 g/mol. The lowest BCUT2D eigenvalue weighted by molar-refractivity contribution is 0.299. The highest BCUT2D eigenvalue weighted by Gasteiger charge is 2.36. The van der Waals surface area contributed by atoms with Crippen LogP contribution < -0.4 is 5.32 Å². The van der Waals surface area contributed by atoms with E-state index in [1.165, 1.54) is 31.9 Å². The molecule has 1 N–H and O–H groups in total. The highest BCUT2D eigenvalue weighted by molar-refractivity contribution is 14.0. The molecule has 3 unspecified atom stereocenters. The van der Waals surface area contributed by atoms with E-state index in [4.69, 9.17) is 4.99 Å². The van der Waals surface area contributed by atoms with Crippen molar-refractivity contribution in [2.24, 2.45) is 22.7 Å². The fourth-order valence-electron chi connectivity index (χ4n) is 4.47. The maximum Gasteiger partial charge on any atom is 0.211 e.